The lowest BCUT2D eigenvalue weighted by Gasteiger charge is -2.21. The predicted octanol–water partition coefficient (Wildman–Crippen LogP) is 4.03. The highest BCUT2D eigenvalue weighted by molar-refractivity contribution is 6.08. The quantitative estimate of drug-likeness (QED) is 0.373. The first-order valence-corrected chi connectivity index (χ1v) is 12.1. The standard InChI is InChI=1S/C28H22N6O3/c35-26-28(13-12-19-7-1-2-9-21(19)28)31-27(36)34(26)16-24-30-25(32-37-24)20-8-5-6-18(14-20)15-33-17-29-22-10-3-4-11-23(22)33/h1-11,14,17H,12-13,15-16H2,(H,31,36). The van der Waals surface area contributed by atoms with Crippen molar-refractivity contribution in [2.75, 3.05) is 0 Å². The molecule has 7 rings (SSSR count). The summed E-state index contributed by atoms with van der Waals surface area (Å²) >= 11 is 0. The molecule has 5 aromatic rings. The number of aryl methyl sites for hydroxylation is 1. The fourth-order valence-electron chi connectivity index (χ4n) is 5.45. The van der Waals surface area contributed by atoms with Crippen LogP contribution in [0.15, 0.2) is 83.6 Å². The van der Waals surface area contributed by atoms with E-state index in [0.717, 1.165) is 39.7 Å². The lowest BCUT2D eigenvalue weighted by Crippen LogP contribution is -2.41. The second-order valence-electron chi connectivity index (χ2n) is 9.46. The molecular formula is C28H22N6O3. The van der Waals surface area contributed by atoms with Gasteiger partial charge in [0.25, 0.3) is 5.91 Å². The van der Waals surface area contributed by atoms with Gasteiger partial charge in [-0.25, -0.2) is 9.78 Å². The normalized spacial score (nSPS) is 18.6. The van der Waals surface area contributed by atoms with Crippen LogP contribution in [-0.2, 0) is 29.8 Å². The third-order valence-corrected chi connectivity index (χ3v) is 7.25. The Kier molecular flexibility index (Phi) is 4.72. The summed E-state index contributed by atoms with van der Waals surface area (Å²) in [6.45, 7) is 0.563. The average Bonchev–Trinajstić information content (AvgIpc) is 3.69. The third-order valence-electron chi connectivity index (χ3n) is 7.25. The molecule has 1 spiro atoms. The van der Waals surface area contributed by atoms with Gasteiger partial charge in [0.15, 0.2) is 0 Å². The summed E-state index contributed by atoms with van der Waals surface area (Å²) in [5, 5.41) is 7.04. The summed E-state index contributed by atoms with van der Waals surface area (Å²) in [6.07, 6.45) is 3.12. The molecular weight excluding hydrogens is 468 g/mol. The van der Waals surface area contributed by atoms with Gasteiger partial charge in [0.1, 0.15) is 12.1 Å². The van der Waals surface area contributed by atoms with Crippen molar-refractivity contribution in [3.05, 3.63) is 102 Å². The molecule has 0 bridgehead atoms. The van der Waals surface area contributed by atoms with Crippen molar-refractivity contribution in [1.29, 1.82) is 0 Å². The molecule has 1 aliphatic carbocycles. The van der Waals surface area contributed by atoms with Gasteiger partial charge < -0.3 is 14.4 Å². The van der Waals surface area contributed by atoms with Crippen LogP contribution in [0.25, 0.3) is 22.4 Å². The molecule has 0 radical (unpaired) electrons. The summed E-state index contributed by atoms with van der Waals surface area (Å²) in [5.41, 5.74) is 4.79. The van der Waals surface area contributed by atoms with Crippen LogP contribution in [0, 0.1) is 0 Å². The number of aromatic nitrogens is 4. The number of hydrogen-bond acceptors (Lipinski definition) is 6. The number of fused-ring (bicyclic) bond motifs is 3. The van der Waals surface area contributed by atoms with Gasteiger partial charge in [0.05, 0.1) is 17.4 Å². The van der Waals surface area contributed by atoms with E-state index in [1.54, 1.807) is 0 Å². The van der Waals surface area contributed by atoms with Gasteiger partial charge >= 0.3 is 6.03 Å². The molecule has 3 amide bonds. The van der Waals surface area contributed by atoms with E-state index in [0.29, 0.717) is 18.8 Å². The highest BCUT2D eigenvalue weighted by atomic mass is 16.5. The highest BCUT2D eigenvalue weighted by Gasteiger charge is 2.55. The summed E-state index contributed by atoms with van der Waals surface area (Å²) in [6, 6.07) is 23.2. The molecule has 9 heteroatoms. The Morgan fingerprint density at radius 2 is 1.84 bits per heavy atom. The topological polar surface area (TPSA) is 106 Å². The van der Waals surface area contributed by atoms with E-state index in [1.165, 1.54) is 4.90 Å². The van der Waals surface area contributed by atoms with Crippen LogP contribution in [0.1, 0.15) is 29.0 Å². The Bertz CT molecular complexity index is 1690. The SMILES string of the molecule is O=C1NC2(CCc3ccccc32)C(=O)N1Cc1nc(-c2cccc(Cn3cnc4ccccc43)c2)no1. The molecule has 37 heavy (non-hydrogen) atoms. The first-order valence-electron chi connectivity index (χ1n) is 12.1. The number of urea groups is 1. The molecule has 1 atom stereocenters. The number of rotatable bonds is 5. The number of hydrogen-bond donors (Lipinski definition) is 1. The molecule has 3 heterocycles. The number of amides is 3. The Hall–Kier alpha value is -4.79. The highest BCUT2D eigenvalue weighted by Crippen LogP contribution is 2.41. The minimum absolute atomic E-state index is 0.0811. The maximum Gasteiger partial charge on any atom is 0.325 e. The first kappa shape index (κ1) is 21.5. The van der Waals surface area contributed by atoms with Crippen molar-refractivity contribution in [3.8, 4) is 11.4 Å². The van der Waals surface area contributed by atoms with E-state index in [4.69, 9.17) is 4.52 Å². The predicted molar refractivity (Wildman–Crippen MR) is 134 cm³/mol. The fraction of sp³-hybridized carbons (Fsp3) is 0.179. The maximum absolute atomic E-state index is 13.4. The van der Waals surface area contributed by atoms with Crippen molar-refractivity contribution in [2.45, 2.75) is 31.5 Å². The molecule has 1 fully saturated rings. The second kappa shape index (κ2) is 8.12. The summed E-state index contributed by atoms with van der Waals surface area (Å²) < 4.78 is 7.54. The Morgan fingerprint density at radius 1 is 0.973 bits per heavy atom. The van der Waals surface area contributed by atoms with Gasteiger partial charge in [-0.1, -0.05) is 59.8 Å². The number of para-hydroxylation sites is 2. The monoisotopic (exact) mass is 490 g/mol. The van der Waals surface area contributed by atoms with Gasteiger partial charge in [-0.2, -0.15) is 4.98 Å². The van der Waals surface area contributed by atoms with Crippen molar-refractivity contribution >= 4 is 23.0 Å². The number of benzene rings is 3. The Labute approximate surface area is 211 Å². The largest absolute Gasteiger partial charge is 0.337 e. The Balaban J connectivity index is 1.11. The van der Waals surface area contributed by atoms with Crippen molar-refractivity contribution in [2.24, 2.45) is 0 Å². The fourth-order valence-corrected chi connectivity index (χ4v) is 5.45. The van der Waals surface area contributed by atoms with Crippen molar-refractivity contribution < 1.29 is 14.1 Å². The summed E-state index contributed by atoms with van der Waals surface area (Å²) in [7, 11) is 0. The number of carbonyl (C=O) groups excluding carboxylic acids is 2. The molecule has 3 aromatic carbocycles. The first-order chi connectivity index (χ1) is 18.1. The molecule has 2 aromatic heterocycles. The zero-order valence-corrected chi connectivity index (χ0v) is 19.8. The molecule has 2 aliphatic rings. The van der Waals surface area contributed by atoms with E-state index < -0.39 is 11.6 Å². The molecule has 182 valence electrons. The lowest BCUT2D eigenvalue weighted by molar-refractivity contribution is -0.132. The van der Waals surface area contributed by atoms with E-state index >= 15 is 0 Å². The number of imidazole rings is 1. The number of nitrogens with one attached hydrogen (secondary N) is 1. The zero-order chi connectivity index (χ0) is 25.0. The van der Waals surface area contributed by atoms with E-state index in [9.17, 15) is 9.59 Å². The van der Waals surface area contributed by atoms with E-state index in [2.05, 4.69) is 25.0 Å². The van der Waals surface area contributed by atoms with Gasteiger partial charge in [-0.05, 0) is 47.7 Å². The van der Waals surface area contributed by atoms with Crippen LogP contribution in [-0.4, -0.2) is 36.5 Å². The minimum Gasteiger partial charge on any atom is -0.337 e. The van der Waals surface area contributed by atoms with E-state index in [-0.39, 0.29) is 18.3 Å². The number of imide groups is 1. The van der Waals surface area contributed by atoms with Crippen LogP contribution >= 0.6 is 0 Å². The maximum atomic E-state index is 13.4. The average molecular weight is 491 g/mol. The minimum atomic E-state index is -1.01. The zero-order valence-electron chi connectivity index (χ0n) is 19.8. The molecule has 1 N–H and O–H groups in total. The molecule has 1 saturated heterocycles. The van der Waals surface area contributed by atoms with Gasteiger partial charge in [0, 0.05) is 12.1 Å². The van der Waals surface area contributed by atoms with Crippen LogP contribution in [0.5, 0.6) is 0 Å². The third kappa shape index (κ3) is 3.42. The molecule has 0 saturated carbocycles. The van der Waals surface area contributed by atoms with Crippen molar-refractivity contribution in [1.82, 2.24) is 29.9 Å². The van der Waals surface area contributed by atoms with Crippen molar-refractivity contribution in [3.63, 3.8) is 0 Å². The summed E-state index contributed by atoms with van der Waals surface area (Å²) in [5.74, 6) is 0.324. The van der Waals surface area contributed by atoms with Gasteiger partial charge in [-0.15, -0.1) is 0 Å². The van der Waals surface area contributed by atoms with Crippen LogP contribution < -0.4 is 5.32 Å². The van der Waals surface area contributed by atoms with Crippen LogP contribution in [0.2, 0.25) is 0 Å². The Morgan fingerprint density at radius 3 is 2.78 bits per heavy atom. The number of nitrogens with zero attached hydrogens (tertiary/aromatic N) is 5. The second-order valence-corrected chi connectivity index (χ2v) is 9.46. The van der Waals surface area contributed by atoms with Gasteiger partial charge in [-0.3, -0.25) is 9.69 Å². The smallest absolute Gasteiger partial charge is 0.325 e. The van der Waals surface area contributed by atoms with Crippen LogP contribution in [0.3, 0.4) is 0 Å². The molecule has 1 aliphatic heterocycles. The molecule has 1 unspecified atom stereocenters. The van der Waals surface area contributed by atoms with Crippen LogP contribution in [0.4, 0.5) is 4.79 Å². The molecule has 9 nitrogen and oxygen atoms in total. The van der Waals surface area contributed by atoms with Gasteiger partial charge in [0.2, 0.25) is 11.7 Å². The summed E-state index contributed by atoms with van der Waals surface area (Å²) in [4.78, 5) is 36.4. The lowest BCUT2D eigenvalue weighted by atomic mass is 9.92. The number of carbonyl (C=O) groups is 2. The van der Waals surface area contributed by atoms with E-state index in [1.807, 2.05) is 79.1 Å².